The Kier molecular flexibility index (Phi) is 5.00. The average molecular weight is 355 g/mol. The number of nitrogens with zero attached hydrogens (tertiary/aromatic N) is 2. The fourth-order valence-corrected chi connectivity index (χ4v) is 2.37. The van der Waals surface area contributed by atoms with Gasteiger partial charge >= 0.3 is 12.3 Å². The van der Waals surface area contributed by atoms with Gasteiger partial charge in [-0.3, -0.25) is 5.32 Å². The van der Waals surface area contributed by atoms with Crippen molar-refractivity contribution < 1.29 is 22.7 Å². The van der Waals surface area contributed by atoms with Crippen molar-refractivity contribution in [1.29, 1.82) is 5.26 Å². The van der Waals surface area contributed by atoms with Crippen LogP contribution in [-0.2, 0) is 17.5 Å². The molecule has 5 nitrogen and oxygen atoms in total. The number of carbonyl (C=O) groups excluding carboxylic acids is 1. The Morgan fingerprint density at radius 2 is 1.84 bits per heavy atom. The highest BCUT2D eigenvalue weighted by molar-refractivity contribution is 5.70. The van der Waals surface area contributed by atoms with Crippen LogP contribution in [0.25, 0.3) is 0 Å². The summed E-state index contributed by atoms with van der Waals surface area (Å²) in [5.41, 5.74) is -1.63. The Morgan fingerprint density at radius 3 is 2.28 bits per heavy atom. The van der Waals surface area contributed by atoms with Gasteiger partial charge in [0.15, 0.2) is 0 Å². The predicted octanol–water partition coefficient (Wildman–Crippen LogP) is 3.31. The number of likely N-dealkylation sites (tertiary alicyclic amines) is 1. The third-order valence-electron chi connectivity index (χ3n) is 3.70. The highest BCUT2D eigenvalue weighted by Crippen LogP contribution is 2.29. The number of amides is 1. The molecule has 0 saturated carbocycles. The maximum atomic E-state index is 12.5. The highest BCUT2D eigenvalue weighted by Gasteiger charge is 2.46. The van der Waals surface area contributed by atoms with E-state index in [1.54, 1.807) is 20.8 Å². The Bertz CT molecular complexity index is 666. The van der Waals surface area contributed by atoms with Crippen LogP contribution in [0.1, 0.15) is 31.9 Å². The molecule has 1 aliphatic rings. The van der Waals surface area contributed by atoms with Crippen molar-refractivity contribution in [2.75, 3.05) is 13.1 Å². The van der Waals surface area contributed by atoms with Gasteiger partial charge < -0.3 is 9.64 Å². The molecule has 1 fully saturated rings. The van der Waals surface area contributed by atoms with Crippen molar-refractivity contribution in [3.05, 3.63) is 35.4 Å². The number of hydrogen-bond acceptors (Lipinski definition) is 4. The molecule has 1 N–H and O–H groups in total. The lowest BCUT2D eigenvalue weighted by atomic mass is 9.91. The SMILES string of the molecule is CC(C)(C)OC(=O)N1CC(C#N)(NCc2ccc(C(F)(F)F)cc2)C1. The number of nitrogens with one attached hydrogen (secondary N) is 1. The van der Waals surface area contributed by atoms with Crippen molar-refractivity contribution in [1.82, 2.24) is 10.2 Å². The number of ether oxygens (including phenoxy) is 1. The van der Waals surface area contributed by atoms with Gasteiger partial charge in [0.1, 0.15) is 11.1 Å². The third-order valence-corrected chi connectivity index (χ3v) is 3.70. The van der Waals surface area contributed by atoms with Gasteiger partial charge in [-0.25, -0.2) is 4.79 Å². The molecule has 1 heterocycles. The number of rotatable bonds is 3. The number of nitriles is 1. The highest BCUT2D eigenvalue weighted by atomic mass is 19.4. The van der Waals surface area contributed by atoms with E-state index in [2.05, 4.69) is 11.4 Å². The Labute approximate surface area is 144 Å². The third kappa shape index (κ3) is 4.86. The normalized spacial score (nSPS) is 16.8. The average Bonchev–Trinajstić information content (AvgIpc) is 2.44. The second kappa shape index (κ2) is 6.56. The Hall–Kier alpha value is -2.27. The van der Waals surface area contributed by atoms with Crippen LogP contribution in [-0.4, -0.2) is 35.2 Å². The topological polar surface area (TPSA) is 65.4 Å². The van der Waals surface area contributed by atoms with E-state index >= 15 is 0 Å². The van der Waals surface area contributed by atoms with Crippen molar-refractivity contribution in [2.45, 2.75) is 44.6 Å². The number of hydrogen-bond donors (Lipinski definition) is 1. The minimum absolute atomic E-state index is 0.166. The van der Waals surface area contributed by atoms with Gasteiger partial charge in [-0.15, -0.1) is 0 Å². The molecule has 0 aliphatic carbocycles. The molecule has 8 heteroatoms. The predicted molar refractivity (Wildman–Crippen MR) is 84.4 cm³/mol. The molecule has 1 amide bonds. The molecule has 136 valence electrons. The smallest absolute Gasteiger partial charge is 0.416 e. The first-order chi connectivity index (χ1) is 11.4. The zero-order valence-corrected chi connectivity index (χ0v) is 14.3. The molecular formula is C17H20F3N3O2. The Balaban J connectivity index is 1.90. The molecular weight excluding hydrogens is 335 g/mol. The summed E-state index contributed by atoms with van der Waals surface area (Å²) in [5, 5.41) is 12.4. The van der Waals surface area contributed by atoms with Gasteiger partial charge in [0, 0.05) is 6.54 Å². The fraction of sp³-hybridized carbons (Fsp3) is 0.529. The maximum Gasteiger partial charge on any atom is 0.416 e. The summed E-state index contributed by atoms with van der Waals surface area (Å²) in [5.74, 6) is 0. The summed E-state index contributed by atoms with van der Waals surface area (Å²) in [6.45, 7) is 5.83. The van der Waals surface area contributed by atoms with Gasteiger partial charge in [0.05, 0.1) is 24.7 Å². The molecule has 1 aromatic carbocycles. The summed E-state index contributed by atoms with van der Waals surface area (Å²) >= 11 is 0. The van der Waals surface area contributed by atoms with Crippen LogP contribution < -0.4 is 5.32 Å². The van der Waals surface area contributed by atoms with Crippen LogP contribution in [0, 0.1) is 11.3 Å². The monoisotopic (exact) mass is 355 g/mol. The molecule has 1 aliphatic heterocycles. The lowest BCUT2D eigenvalue weighted by Crippen LogP contribution is -2.69. The van der Waals surface area contributed by atoms with Crippen molar-refractivity contribution in [2.24, 2.45) is 0 Å². The van der Waals surface area contributed by atoms with Crippen molar-refractivity contribution >= 4 is 6.09 Å². The lowest BCUT2D eigenvalue weighted by molar-refractivity contribution is -0.137. The van der Waals surface area contributed by atoms with Gasteiger partial charge in [0.25, 0.3) is 0 Å². The standard InChI is InChI=1S/C17H20F3N3O2/c1-15(2,3)25-14(24)23-10-16(9-21,11-23)22-8-12-4-6-13(7-5-12)17(18,19)20/h4-7,22H,8,10-11H2,1-3H3. The van der Waals surface area contributed by atoms with Crippen molar-refractivity contribution in [3.8, 4) is 6.07 Å². The number of benzene rings is 1. The van der Waals surface area contributed by atoms with Gasteiger partial charge in [0.2, 0.25) is 0 Å². The largest absolute Gasteiger partial charge is 0.444 e. The minimum atomic E-state index is -4.37. The molecule has 0 bridgehead atoms. The first-order valence-electron chi connectivity index (χ1n) is 7.74. The van der Waals surface area contributed by atoms with E-state index in [0.717, 1.165) is 12.1 Å². The minimum Gasteiger partial charge on any atom is -0.444 e. The molecule has 0 radical (unpaired) electrons. The Morgan fingerprint density at radius 1 is 1.28 bits per heavy atom. The number of halogens is 3. The molecule has 1 aromatic rings. The van der Waals surface area contributed by atoms with Crippen molar-refractivity contribution in [3.63, 3.8) is 0 Å². The zero-order chi connectivity index (χ0) is 18.9. The molecule has 2 rings (SSSR count). The molecule has 0 unspecified atom stereocenters. The van der Waals surface area contributed by atoms with Crippen LogP contribution in [0.5, 0.6) is 0 Å². The zero-order valence-electron chi connectivity index (χ0n) is 14.3. The van der Waals surface area contributed by atoms with Crippen LogP contribution in [0.2, 0.25) is 0 Å². The van der Waals surface area contributed by atoms with Gasteiger partial charge in [-0.1, -0.05) is 12.1 Å². The van der Waals surface area contributed by atoms with E-state index in [-0.39, 0.29) is 19.6 Å². The molecule has 0 atom stereocenters. The molecule has 0 aromatic heterocycles. The van der Waals surface area contributed by atoms with Crippen LogP contribution in [0.3, 0.4) is 0 Å². The summed E-state index contributed by atoms with van der Waals surface area (Å²) in [6.07, 6.45) is -4.86. The van der Waals surface area contributed by atoms with Crippen LogP contribution in [0.15, 0.2) is 24.3 Å². The second-order valence-corrected chi connectivity index (χ2v) is 7.08. The van der Waals surface area contributed by atoms with E-state index in [9.17, 15) is 23.2 Å². The van der Waals surface area contributed by atoms with E-state index in [4.69, 9.17) is 4.74 Å². The number of alkyl halides is 3. The summed E-state index contributed by atoms with van der Waals surface area (Å²) in [7, 11) is 0. The van der Waals surface area contributed by atoms with Crippen LogP contribution in [0.4, 0.5) is 18.0 Å². The molecule has 0 spiro atoms. The molecule has 25 heavy (non-hydrogen) atoms. The number of carbonyl (C=O) groups is 1. The second-order valence-electron chi connectivity index (χ2n) is 7.08. The summed E-state index contributed by atoms with van der Waals surface area (Å²) in [4.78, 5) is 13.3. The first-order valence-corrected chi connectivity index (χ1v) is 7.74. The maximum absolute atomic E-state index is 12.5. The van der Waals surface area contributed by atoms with Gasteiger partial charge in [-0.2, -0.15) is 18.4 Å². The van der Waals surface area contributed by atoms with Crippen LogP contribution >= 0.6 is 0 Å². The van der Waals surface area contributed by atoms with E-state index in [1.165, 1.54) is 17.0 Å². The summed E-state index contributed by atoms with van der Waals surface area (Å²) in [6, 6.07) is 6.87. The van der Waals surface area contributed by atoms with Gasteiger partial charge in [-0.05, 0) is 38.5 Å². The van der Waals surface area contributed by atoms with E-state index in [1.807, 2.05) is 0 Å². The van der Waals surface area contributed by atoms with E-state index in [0.29, 0.717) is 5.56 Å². The fourth-order valence-electron chi connectivity index (χ4n) is 2.37. The quantitative estimate of drug-likeness (QED) is 0.903. The van der Waals surface area contributed by atoms with E-state index < -0.39 is 29.0 Å². The molecule has 1 saturated heterocycles. The first kappa shape index (κ1) is 19.1. The summed E-state index contributed by atoms with van der Waals surface area (Å²) < 4.78 is 42.9. The lowest BCUT2D eigenvalue weighted by Gasteiger charge is -2.45.